The number of hydrogen-bond acceptors (Lipinski definition) is 3. The molecule has 0 saturated heterocycles. The molecule has 6 heteroatoms. The summed E-state index contributed by atoms with van der Waals surface area (Å²) in [6, 6.07) is 5.26. The van der Waals surface area contributed by atoms with Crippen molar-refractivity contribution in [2.24, 2.45) is 0 Å². The highest BCUT2D eigenvalue weighted by molar-refractivity contribution is 9.10. The molecule has 0 amide bonds. The summed E-state index contributed by atoms with van der Waals surface area (Å²) in [5, 5.41) is 3.42. The molecule has 0 fully saturated rings. The van der Waals surface area contributed by atoms with Crippen LogP contribution in [0, 0.1) is 0 Å². The summed E-state index contributed by atoms with van der Waals surface area (Å²) in [7, 11) is 1.77. The Morgan fingerprint density at radius 1 is 1.41 bits per heavy atom. The average molecular weight is 298 g/mol. The molecule has 17 heavy (non-hydrogen) atoms. The van der Waals surface area contributed by atoms with Crippen LogP contribution in [0.3, 0.4) is 0 Å². The Kier molecular flexibility index (Phi) is 3.44. The molecule has 2 aromatic rings. The molecule has 90 valence electrons. The second-order valence-electron chi connectivity index (χ2n) is 3.65. The van der Waals surface area contributed by atoms with E-state index in [2.05, 4.69) is 26.2 Å². The van der Waals surface area contributed by atoms with Gasteiger partial charge in [-0.25, -0.2) is 4.79 Å². The Morgan fingerprint density at radius 3 is 2.88 bits per heavy atom. The number of hydrogen-bond donors (Lipinski definition) is 2. The lowest BCUT2D eigenvalue weighted by Crippen LogP contribution is -2.37. The number of rotatable bonds is 3. The highest BCUT2D eigenvalue weighted by Crippen LogP contribution is 2.17. The molecule has 2 N–H and O–H groups in total. The van der Waals surface area contributed by atoms with Gasteiger partial charge in [0, 0.05) is 17.6 Å². The maximum absolute atomic E-state index is 12.1. The second kappa shape index (κ2) is 4.85. The third-order valence-electron chi connectivity index (χ3n) is 2.55. The van der Waals surface area contributed by atoms with E-state index >= 15 is 0 Å². The Hall–Kier alpha value is -1.40. The fourth-order valence-corrected chi connectivity index (χ4v) is 2.13. The zero-order valence-corrected chi connectivity index (χ0v) is 10.9. The third-order valence-corrected chi connectivity index (χ3v) is 3.21. The summed E-state index contributed by atoms with van der Waals surface area (Å²) in [6.07, 6.45) is 0. The molecule has 0 aliphatic carbocycles. The van der Waals surface area contributed by atoms with E-state index in [-0.39, 0.29) is 11.2 Å². The van der Waals surface area contributed by atoms with Crippen molar-refractivity contribution in [1.82, 2.24) is 14.9 Å². The monoisotopic (exact) mass is 297 g/mol. The molecule has 0 saturated carbocycles. The fraction of sp³-hybridized carbons (Fsp3) is 0.273. The van der Waals surface area contributed by atoms with Gasteiger partial charge in [-0.2, -0.15) is 0 Å². The molecule has 2 rings (SSSR count). The smallest absolute Gasteiger partial charge is 0.318 e. The lowest BCUT2D eigenvalue weighted by molar-refractivity contribution is 0.602. The van der Waals surface area contributed by atoms with Crippen LogP contribution < -0.4 is 16.6 Å². The molecule has 0 atom stereocenters. The van der Waals surface area contributed by atoms with E-state index in [0.29, 0.717) is 28.5 Å². The summed E-state index contributed by atoms with van der Waals surface area (Å²) >= 11 is 3.31. The van der Waals surface area contributed by atoms with Gasteiger partial charge in [-0.1, -0.05) is 6.07 Å². The highest BCUT2D eigenvalue weighted by atomic mass is 79.9. The first-order valence-electron chi connectivity index (χ1n) is 5.21. The van der Waals surface area contributed by atoms with Crippen molar-refractivity contribution < 1.29 is 0 Å². The van der Waals surface area contributed by atoms with Crippen LogP contribution in [0.5, 0.6) is 0 Å². The van der Waals surface area contributed by atoms with Crippen molar-refractivity contribution in [2.45, 2.75) is 6.54 Å². The largest absolute Gasteiger partial charge is 0.328 e. The molecule has 5 nitrogen and oxygen atoms in total. The average Bonchev–Trinajstić information content (AvgIpc) is 2.31. The van der Waals surface area contributed by atoms with Gasteiger partial charge in [0.15, 0.2) is 0 Å². The van der Waals surface area contributed by atoms with Gasteiger partial charge in [-0.05, 0) is 35.1 Å². The van der Waals surface area contributed by atoms with E-state index in [9.17, 15) is 9.59 Å². The van der Waals surface area contributed by atoms with Crippen molar-refractivity contribution in [3.63, 3.8) is 0 Å². The van der Waals surface area contributed by atoms with E-state index in [1.54, 1.807) is 25.2 Å². The van der Waals surface area contributed by atoms with Crippen molar-refractivity contribution in [2.75, 3.05) is 13.6 Å². The number of H-pyrrole nitrogens is 1. The molecule has 1 aromatic carbocycles. The van der Waals surface area contributed by atoms with Crippen molar-refractivity contribution in [3.05, 3.63) is 43.5 Å². The van der Waals surface area contributed by atoms with Gasteiger partial charge in [-0.15, -0.1) is 0 Å². The maximum atomic E-state index is 12.1. The Bertz CT molecular complexity index is 660. The number of fused-ring (bicyclic) bond motifs is 1. The second-order valence-corrected chi connectivity index (χ2v) is 4.51. The summed E-state index contributed by atoms with van der Waals surface area (Å²) < 4.78 is 1.91. The number of nitrogens with one attached hydrogen (secondary N) is 2. The molecular formula is C11H12BrN3O2. The van der Waals surface area contributed by atoms with Gasteiger partial charge in [0.25, 0.3) is 5.56 Å². The predicted molar refractivity (Wildman–Crippen MR) is 70.5 cm³/mol. The fourth-order valence-electron chi connectivity index (χ4n) is 1.67. The first-order chi connectivity index (χ1) is 8.15. The number of aromatic nitrogens is 2. The van der Waals surface area contributed by atoms with Crippen molar-refractivity contribution in [3.8, 4) is 0 Å². The standard InChI is InChI=1S/C11H12BrN3O2/c1-13-5-6-15-10(16)7-3-2-4-8(12)9(7)14-11(15)17/h2-4,13H,5-6H2,1H3,(H,14,17). The number of halogens is 1. The van der Waals surface area contributed by atoms with Gasteiger partial charge < -0.3 is 10.3 Å². The molecule has 0 aliphatic rings. The molecule has 1 heterocycles. The van der Waals surface area contributed by atoms with Crippen LogP contribution >= 0.6 is 15.9 Å². The minimum absolute atomic E-state index is 0.264. The van der Waals surface area contributed by atoms with Crippen LogP contribution in [0.4, 0.5) is 0 Å². The van der Waals surface area contributed by atoms with Gasteiger partial charge in [0.05, 0.1) is 10.9 Å². The van der Waals surface area contributed by atoms with Crippen LogP contribution in [-0.4, -0.2) is 23.1 Å². The van der Waals surface area contributed by atoms with Crippen molar-refractivity contribution >= 4 is 26.8 Å². The minimum Gasteiger partial charge on any atom is -0.318 e. The number of benzene rings is 1. The van der Waals surface area contributed by atoms with E-state index < -0.39 is 0 Å². The van der Waals surface area contributed by atoms with Crippen LogP contribution in [0.25, 0.3) is 10.9 Å². The van der Waals surface area contributed by atoms with E-state index in [0.717, 1.165) is 0 Å². The molecule has 0 bridgehead atoms. The number of nitrogens with zero attached hydrogens (tertiary/aromatic N) is 1. The molecule has 0 unspecified atom stereocenters. The molecular weight excluding hydrogens is 286 g/mol. The lowest BCUT2D eigenvalue weighted by Gasteiger charge is -2.06. The normalized spacial score (nSPS) is 10.9. The highest BCUT2D eigenvalue weighted by Gasteiger charge is 2.08. The van der Waals surface area contributed by atoms with E-state index in [1.165, 1.54) is 4.57 Å². The van der Waals surface area contributed by atoms with Crippen LogP contribution in [0.2, 0.25) is 0 Å². The minimum atomic E-state index is -0.385. The van der Waals surface area contributed by atoms with Crippen LogP contribution in [0.1, 0.15) is 0 Å². The van der Waals surface area contributed by atoms with Gasteiger partial charge in [-0.3, -0.25) is 9.36 Å². The zero-order chi connectivity index (χ0) is 12.4. The number of likely N-dealkylation sites (N-methyl/N-ethyl adjacent to an activating group) is 1. The van der Waals surface area contributed by atoms with E-state index in [1.807, 2.05) is 0 Å². The van der Waals surface area contributed by atoms with Gasteiger partial charge in [0.1, 0.15) is 0 Å². The SMILES string of the molecule is CNCCn1c(=O)[nH]c2c(Br)cccc2c1=O. The number of aromatic amines is 1. The Balaban J connectivity index is 2.73. The quantitative estimate of drug-likeness (QED) is 0.875. The van der Waals surface area contributed by atoms with Crippen molar-refractivity contribution in [1.29, 1.82) is 0 Å². The maximum Gasteiger partial charge on any atom is 0.328 e. The third kappa shape index (κ3) is 2.18. The summed E-state index contributed by atoms with van der Waals surface area (Å²) in [6.45, 7) is 0.926. The topological polar surface area (TPSA) is 66.9 Å². The molecule has 1 aromatic heterocycles. The summed E-state index contributed by atoms with van der Waals surface area (Å²) in [4.78, 5) is 26.6. The first kappa shape index (κ1) is 12.1. The van der Waals surface area contributed by atoms with Crippen LogP contribution in [0.15, 0.2) is 32.3 Å². The Morgan fingerprint density at radius 2 is 2.18 bits per heavy atom. The van der Waals surface area contributed by atoms with Gasteiger partial charge in [0.2, 0.25) is 0 Å². The predicted octanol–water partition coefficient (Wildman–Crippen LogP) is 0.672. The molecule has 0 aliphatic heterocycles. The van der Waals surface area contributed by atoms with Gasteiger partial charge >= 0.3 is 5.69 Å². The molecule has 0 spiro atoms. The first-order valence-corrected chi connectivity index (χ1v) is 6.00. The zero-order valence-electron chi connectivity index (χ0n) is 9.29. The van der Waals surface area contributed by atoms with Crippen LogP contribution in [-0.2, 0) is 6.54 Å². The lowest BCUT2D eigenvalue weighted by atomic mass is 10.2. The Labute approximate surface area is 106 Å². The molecule has 0 radical (unpaired) electrons. The summed E-state index contributed by atoms with van der Waals surface area (Å²) in [5.41, 5.74) is -0.104. The summed E-state index contributed by atoms with van der Waals surface area (Å²) in [5.74, 6) is 0. The van der Waals surface area contributed by atoms with E-state index in [4.69, 9.17) is 0 Å². The number of para-hydroxylation sites is 1.